The highest BCUT2D eigenvalue weighted by atomic mass is 32.2. The number of amides is 1. The first-order chi connectivity index (χ1) is 14.4. The molecule has 0 aliphatic rings. The van der Waals surface area contributed by atoms with E-state index < -0.39 is 10.0 Å². The number of rotatable bonds is 7. The third kappa shape index (κ3) is 4.30. The summed E-state index contributed by atoms with van der Waals surface area (Å²) in [4.78, 5) is 16.5. The van der Waals surface area contributed by atoms with Gasteiger partial charge < -0.3 is 4.74 Å². The third-order valence-corrected chi connectivity index (χ3v) is 8.33. The normalized spacial score (nSPS) is 11.4. The van der Waals surface area contributed by atoms with Gasteiger partial charge in [-0.15, -0.1) is 11.3 Å². The maximum atomic E-state index is 12.6. The Balaban J connectivity index is 1.36. The standard InChI is InChI=1S/C20H17N3O4S3/c1-23(30(25,26)19-7-4-12-28-19)14-8-10-15(11-9-14)27-13-18(24)22-20-21-16-5-2-3-6-17(16)29-20/h2-12H,13H2,1H3,(H,21,22,24). The van der Waals surface area contributed by atoms with Gasteiger partial charge in [0.15, 0.2) is 11.7 Å². The molecule has 0 saturated heterocycles. The van der Waals surface area contributed by atoms with E-state index in [2.05, 4.69) is 10.3 Å². The first kappa shape index (κ1) is 20.3. The zero-order chi connectivity index (χ0) is 21.1. The molecule has 10 heteroatoms. The zero-order valence-corrected chi connectivity index (χ0v) is 18.3. The summed E-state index contributed by atoms with van der Waals surface area (Å²) in [5.41, 5.74) is 1.32. The number of sulfonamides is 1. The second kappa shape index (κ2) is 8.42. The number of ether oxygens (including phenoxy) is 1. The van der Waals surface area contributed by atoms with Gasteiger partial charge in [-0.2, -0.15) is 0 Å². The number of fused-ring (bicyclic) bond motifs is 1. The van der Waals surface area contributed by atoms with Crippen molar-refractivity contribution in [1.82, 2.24) is 4.98 Å². The van der Waals surface area contributed by atoms with Crippen molar-refractivity contribution >= 4 is 59.6 Å². The van der Waals surface area contributed by atoms with E-state index >= 15 is 0 Å². The van der Waals surface area contributed by atoms with Crippen LogP contribution >= 0.6 is 22.7 Å². The molecule has 0 bridgehead atoms. The number of benzene rings is 2. The number of thiophene rings is 1. The highest BCUT2D eigenvalue weighted by Crippen LogP contribution is 2.27. The number of carbonyl (C=O) groups is 1. The number of nitrogens with one attached hydrogen (secondary N) is 1. The molecule has 0 unspecified atom stereocenters. The summed E-state index contributed by atoms with van der Waals surface area (Å²) in [6.45, 7) is -0.182. The molecular weight excluding hydrogens is 442 g/mol. The van der Waals surface area contributed by atoms with Crippen molar-refractivity contribution in [2.45, 2.75) is 4.21 Å². The Morgan fingerprint density at radius 3 is 2.57 bits per heavy atom. The maximum absolute atomic E-state index is 12.6. The number of hydrogen-bond donors (Lipinski definition) is 1. The van der Waals surface area contributed by atoms with Gasteiger partial charge in [-0.1, -0.05) is 29.5 Å². The Bertz CT molecular complexity index is 1230. The van der Waals surface area contributed by atoms with Gasteiger partial charge in [-0.25, -0.2) is 13.4 Å². The van der Waals surface area contributed by atoms with E-state index in [9.17, 15) is 13.2 Å². The SMILES string of the molecule is CN(c1ccc(OCC(=O)Nc2nc3ccccc3s2)cc1)S(=O)(=O)c1cccs1. The van der Waals surface area contributed by atoms with Crippen LogP contribution in [0.25, 0.3) is 10.2 Å². The fourth-order valence-corrected chi connectivity index (χ4v) is 5.90. The molecule has 0 aliphatic carbocycles. The fourth-order valence-electron chi connectivity index (χ4n) is 2.67. The van der Waals surface area contributed by atoms with Crippen LogP contribution in [0.2, 0.25) is 0 Å². The molecule has 4 aromatic rings. The van der Waals surface area contributed by atoms with Crippen LogP contribution in [0.1, 0.15) is 0 Å². The lowest BCUT2D eigenvalue weighted by atomic mass is 10.3. The number of thiazole rings is 1. The smallest absolute Gasteiger partial charge is 0.273 e. The Morgan fingerprint density at radius 2 is 1.87 bits per heavy atom. The van der Waals surface area contributed by atoms with Gasteiger partial charge in [-0.3, -0.25) is 14.4 Å². The molecule has 7 nitrogen and oxygen atoms in total. The molecule has 2 aromatic carbocycles. The monoisotopic (exact) mass is 459 g/mol. The van der Waals surface area contributed by atoms with Gasteiger partial charge in [0.2, 0.25) is 0 Å². The predicted molar refractivity (Wildman–Crippen MR) is 120 cm³/mol. The lowest BCUT2D eigenvalue weighted by Crippen LogP contribution is -2.25. The van der Waals surface area contributed by atoms with E-state index in [4.69, 9.17) is 4.74 Å². The average Bonchev–Trinajstić information content (AvgIpc) is 3.42. The number of para-hydroxylation sites is 1. The molecular formula is C20H17N3O4S3. The van der Waals surface area contributed by atoms with Crippen molar-refractivity contribution in [3.8, 4) is 5.75 Å². The van der Waals surface area contributed by atoms with Crippen molar-refractivity contribution in [3.63, 3.8) is 0 Å². The van der Waals surface area contributed by atoms with Gasteiger partial charge in [0.1, 0.15) is 9.96 Å². The summed E-state index contributed by atoms with van der Waals surface area (Å²) in [7, 11) is -2.10. The van der Waals surface area contributed by atoms with Crippen LogP contribution < -0.4 is 14.4 Å². The number of hydrogen-bond acceptors (Lipinski definition) is 7. The van der Waals surface area contributed by atoms with Crippen LogP contribution in [0.3, 0.4) is 0 Å². The maximum Gasteiger partial charge on any atom is 0.273 e. The van der Waals surface area contributed by atoms with E-state index in [1.54, 1.807) is 41.8 Å². The molecule has 4 rings (SSSR count). The van der Waals surface area contributed by atoms with Crippen LogP contribution in [0.4, 0.5) is 10.8 Å². The lowest BCUT2D eigenvalue weighted by Gasteiger charge is -2.18. The van der Waals surface area contributed by atoms with Crippen molar-refractivity contribution < 1.29 is 17.9 Å². The molecule has 0 saturated carbocycles. The van der Waals surface area contributed by atoms with E-state index in [-0.39, 0.29) is 16.7 Å². The second-order valence-electron chi connectivity index (χ2n) is 6.22. The first-order valence-corrected chi connectivity index (χ1v) is 12.0. The van der Waals surface area contributed by atoms with Crippen molar-refractivity contribution in [3.05, 3.63) is 66.0 Å². The molecule has 154 valence electrons. The molecule has 1 amide bonds. The number of anilines is 2. The van der Waals surface area contributed by atoms with Crippen LogP contribution in [0, 0.1) is 0 Å². The molecule has 0 atom stereocenters. The minimum absolute atomic E-state index is 0.182. The van der Waals surface area contributed by atoms with Crippen molar-refractivity contribution in [1.29, 1.82) is 0 Å². The Kier molecular flexibility index (Phi) is 5.71. The fraction of sp³-hybridized carbons (Fsp3) is 0.100. The Hall–Kier alpha value is -2.95. The Labute approximate surface area is 181 Å². The Morgan fingerprint density at radius 1 is 1.10 bits per heavy atom. The molecule has 30 heavy (non-hydrogen) atoms. The lowest BCUT2D eigenvalue weighted by molar-refractivity contribution is -0.118. The number of aromatic nitrogens is 1. The van der Waals surface area contributed by atoms with Gasteiger partial charge in [0.25, 0.3) is 15.9 Å². The van der Waals surface area contributed by atoms with Crippen LogP contribution in [0.5, 0.6) is 5.75 Å². The minimum Gasteiger partial charge on any atom is -0.484 e. The van der Waals surface area contributed by atoms with Crippen LogP contribution in [-0.4, -0.2) is 33.0 Å². The number of carbonyl (C=O) groups excluding carboxylic acids is 1. The van der Waals surface area contributed by atoms with Gasteiger partial charge in [0.05, 0.1) is 15.9 Å². The quantitative estimate of drug-likeness (QED) is 0.447. The van der Waals surface area contributed by atoms with E-state index in [1.165, 1.54) is 34.0 Å². The van der Waals surface area contributed by atoms with Crippen LogP contribution in [0.15, 0.2) is 70.3 Å². The highest BCUT2D eigenvalue weighted by Gasteiger charge is 2.22. The van der Waals surface area contributed by atoms with Gasteiger partial charge >= 0.3 is 0 Å². The van der Waals surface area contributed by atoms with Crippen LogP contribution in [-0.2, 0) is 14.8 Å². The highest BCUT2D eigenvalue weighted by molar-refractivity contribution is 7.94. The third-order valence-electron chi connectivity index (χ3n) is 4.22. The van der Waals surface area contributed by atoms with Gasteiger partial charge in [-0.05, 0) is 47.8 Å². The average molecular weight is 460 g/mol. The summed E-state index contributed by atoms with van der Waals surface area (Å²) in [6, 6.07) is 17.4. The largest absolute Gasteiger partial charge is 0.484 e. The summed E-state index contributed by atoms with van der Waals surface area (Å²) in [6.07, 6.45) is 0. The topological polar surface area (TPSA) is 88.6 Å². The van der Waals surface area contributed by atoms with Crippen molar-refractivity contribution in [2.75, 3.05) is 23.3 Å². The summed E-state index contributed by atoms with van der Waals surface area (Å²) < 4.78 is 33.1. The molecule has 0 fully saturated rings. The number of nitrogens with zero attached hydrogens (tertiary/aromatic N) is 2. The van der Waals surface area contributed by atoms with Gasteiger partial charge in [0, 0.05) is 7.05 Å². The molecule has 2 aromatic heterocycles. The minimum atomic E-state index is -3.59. The summed E-state index contributed by atoms with van der Waals surface area (Å²) in [5, 5.41) is 4.96. The first-order valence-electron chi connectivity index (χ1n) is 8.84. The molecule has 0 spiro atoms. The summed E-state index contributed by atoms with van der Waals surface area (Å²) >= 11 is 2.56. The molecule has 1 N–H and O–H groups in total. The van der Waals surface area contributed by atoms with E-state index in [0.29, 0.717) is 16.6 Å². The summed E-state index contributed by atoms with van der Waals surface area (Å²) in [5.74, 6) is 0.135. The molecule has 2 heterocycles. The van der Waals surface area contributed by atoms with Crippen molar-refractivity contribution in [2.24, 2.45) is 0 Å². The second-order valence-corrected chi connectivity index (χ2v) is 10.4. The molecule has 0 radical (unpaired) electrons. The van der Waals surface area contributed by atoms with E-state index in [0.717, 1.165) is 10.2 Å². The zero-order valence-electron chi connectivity index (χ0n) is 15.8. The van der Waals surface area contributed by atoms with E-state index in [1.807, 2.05) is 24.3 Å². The molecule has 0 aliphatic heterocycles. The predicted octanol–water partition coefficient (Wildman–Crippen LogP) is 4.20.